The zero-order valence-electron chi connectivity index (χ0n) is 23.2. The molecule has 0 heteroatoms. The normalized spacial score (nSPS) is 11.3. The highest BCUT2D eigenvalue weighted by atomic mass is 14.2. The van der Waals surface area contributed by atoms with E-state index in [4.69, 9.17) is 0 Å². The Morgan fingerprint density at radius 3 is 1.45 bits per heavy atom. The highest BCUT2D eigenvalue weighted by Crippen LogP contribution is 2.38. The van der Waals surface area contributed by atoms with Gasteiger partial charge in [0.05, 0.1) is 0 Å². The molecule has 0 bridgehead atoms. The van der Waals surface area contributed by atoms with E-state index in [1.807, 2.05) is 0 Å². The molecular weight excluding hydrogens is 504 g/mol. The van der Waals surface area contributed by atoms with Gasteiger partial charge in [-0.25, -0.2) is 0 Å². The van der Waals surface area contributed by atoms with E-state index in [1.165, 1.54) is 76.8 Å². The summed E-state index contributed by atoms with van der Waals surface area (Å²) < 4.78 is 0. The number of benzene rings is 8. The smallest absolute Gasteiger partial charge is 0.00992 e. The molecule has 0 nitrogen and oxygen atoms in total. The van der Waals surface area contributed by atoms with Crippen LogP contribution in [0.4, 0.5) is 0 Å². The van der Waals surface area contributed by atoms with E-state index in [0.29, 0.717) is 0 Å². The van der Waals surface area contributed by atoms with Crippen molar-refractivity contribution in [2.45, 2.75) is 0 Å². The molecule has 0 aliphatic rings. The summed E-state index contributed by atoms with van der Waals surface area (Å²) in [5.74, 6) is 0. The summed E-state index contributed by atoms with van der Waals surface area (Å²) in [6.07, 6.45) is 0. The average Bonchev–Trinajstić information content (AvgIpc) is 3.08. The summed E-state index contributed by atoms with van der Waals surface area (Å²) in [6, 6.07) is 61.7. The van der Waals surface area contributed by atoms with Gasteiger partial charge in [-0.15, -0.1) is 0 Å². The number of rotatable bonds is 4. The molecule has 0 saturated heterocycles. The Hall–Kier alpha value is -5.46. The van der Waals surface area contributed by atoms with Crippen molar-refractivity contribution in [2.75, 3.05) is 0 Å². The molecule has 0 saturated carbocycles. The predicted octanol–water partition coefficient (Wildman–Crippen LogP) is 11.8. The lowest BCUT2D eigenvalue weighted by molar-refractivity contribution is 1.59. The Labute approximate surface area is 246 Å². The Morgan fingerprint density at radius 2 is 0.690 bits per heavy atom. The minimum absolute atomic E-state index is 1.23. The molecule has 0 aliphatic heterocycles. The molecule has 0 aromatic heterocycles. The van der Waals surface area contributed by atoms with Crippen LogP contribution < -0.4 is 0 Å². The van der Waals surface area contributed by atoms with Crippen LogP contribution in [0.15, 0.2) is 170 Å². The fourth-order valence-electron chi connectivity index (χ4n) is 6.32. The predicted molar refractivity (Wildman–Crippen MR) is 181 cm³/mol. The summed E-state index contributed by atoms with van der Waals surface area (Å²) in [5, 5.41) is 7.67. The highest BCUT2D eigenvalue weighted by Gasteiger charge is 2.11. The van der Waals surface area contributed by atoms with Crippen LogP contribution in [-0.4, -0.2) is 0 Å². The minimum Gasteiger partial charge on any atom is -0.0622 e. The Morgan fingerprint density at radius 1 is 0.214 bits per heavy atom. The monoisotopic (exact) mass is 532 g/mol. The molecule has 0 unspecified atom stereocenters. The van der Waals surface area contributed by atoms with Gasteiger partial charge in [0.15, 0.2) is 0 Å². The van der Waals surface area contributed by atoms with Crippen LogP contribution in [0.3, 0.4) is 0 Å². The number of fused-ring (bicyclic) bond motifs is 4. The van der Waals surface area contributed by atoms with Crippen LogP contribution in [0.25, 0.3) is 76.8 Å². The van der Waals surface area contributed by atoms with E-state index in [2.05, 4.69) is 170 Å². The second-order valence-electron chi connectivity index (χ2n) is 11.0. The van der Waals surface area contributed by atoms with Crippen molar-refractivity contribution in [3.63, 3.8) is 0 Å². The van der Waals surface area contributed by atoms with Gasteiger partial charge >= 0.3 is 0 Å². The maximum absolute atomic E-state index is 2.34. The van der Waals surface area contributed by atoms with Gasteiger partial charge in [0.25, 0.3) is 0 Å². The lowest BCUT2D eigenvalue weighted by Crippen LogP contribution is -1.87. The Balaban J connectivity index is 1.21. The SMILES string of the molecule is c1ccc(-c2ccc(-c3ccc(-c4cccc(-c5ccc6ccc7ccccc7c6c5)c4)c4ccccc34)cc2)cc1. The summed E-state index contributed by atoms with van der Waals surface area (Å²) in [5.41, 5.74) is 9.91. The largest absolute Gasteiger partial charge is 0.0622 e. The quantitative estimate of drug-likeness (QED) is 0.198. The third-order valence-electron chi connectivity index (χ3n) is 8.48. The molecule has 196 valence electrons. The van der Waals surface area contributed by atoms with E-state index in [1.54, 1.807) is 0 Å². The first-order valence-corrected chi connectivity index (χ1v) is 14.5. The van der Waals surface area contributed by atoms with Crippen LogP contribution in [0.2, 0.25) is 0 Å². The van der Waals surface area contributed by atoms with E-state index < -0.39 is 0 Å². The molecule has 0 radical (unpaired) electrons. The van der Waals surface area contributed by atoms with Crippen molar-refractivity contribution < 1.29 is 0 Å². The summed E-state index contributed by atoms with van der Waals surface area (Å²) in [7, 11) is 0. The maximum atomic E-state index is 2.34. The van der Waals surface area contributed by atoms with Crippen LogP contribution in [0.5, 0.6) is 0 Å². The first kappa shape index (κ1) is 24.3. The van der Waals surface area contributed by atoms with Gasteiger partial charge in [-0.05, 0) is 89.0 Å². The average molecular weight is 533 g/mol. The van der Waals surface area contributed by atoms with Gasteiger partial charge < -0.3 is 0 Å². The second-order valence-corrected chi connectivity index (χ2v) is 11.0. The van der Waals surface area contributed by atoms with Gasteiger partial charge in [0.2, 0.25) is 0 Å². The molecule has 0 fully saturated rings. The molecule has 8 rings (SSSR count). The third-order valence-corrected chi connectivity index (χ3v) is 8.48. The molecule has 0 N–H and O–H groups in total. The summed E-state index contributed by atoms with van der Waals surface area (Å²) >= 11 is 0. The highest BCUT2D eigenvalue weighted by molar-refractivity contribution is 6.09. The van der Waals surface area contributed by atoms with Crippen molar-refractivity contribution in [1.29, 1.82) is 0 Å². The summed E-state index contributed by atoms with van der Waals surface area (Å²) in [6.45, 7) is 0. The standard InChI is InChI=1S/C42H28/c1-2-9-29(10-3-1)30-17-19-32(20-18-30)38-25-26-39(41-16-7-6-15-40(38)41)36-13-8-12-34(27-36)35-24-23-33-22-21-31-11-4-5-14-37(31)42(33)28-35/h1-28H. The van der Waals surface area contributed by atoms with Crippen molar-refractivity contribution in [3.8, 4) is 44.5 Å². The molecule has 0 aliphatic carbocycles. The Kier molecular flexibility index (Phi) is 5.90. The lowest BCUT2D eigenvalue weighted by Gasteiger charge is -2.14. The molecule has 42 heavy (non-hydrogen) atoms. The first-order chi connectivity index (χ1) is 20.8. The van der Waals surface area contributed by atoms with Gasteiger partial charge in [-0.3, -0.25) is 0 Å². The lowest BCUT2D eigenvalue weighted by atomic mass is 9.90. The summed E-state index contributed by atoms with van der Waals surface area (Å²) in [4.78, 5) is 0. The fourth-order valence-corrected chi connectivity index (χ4v) is 6.32. The third kappa shape index (κ3) is 4.26. The van der Waals surface area contributed by atoms with Crippen LogP contribution in [-0.2, 0) is 0 Å². The van der Waals surface area contributed by atoms with Crippen LogP contribution in [0.1, 0.15) is 0 Å². The van der Waals surface area contributed by atoms with Gasteiger partial charge in [0, 0.05) is 0 Å². The van der Waals surface area contributed by atoms with Gasteiger partial charge in [-0.1, -0.05) is 158 Å². The van der Waals surface area contributed by atoms with E-state index in [-0.39, 0.29) is 0 Å². The zero-order valence-corrected chi connectivity index (χ0v) is 23.2. The minimum atomic E-state index is 1.23. The zero-order chi connectivity index (χ0) is 27.9. The molecule has 8 aromatic carbocycles. The van der Waals surface area contributed by atoms with Gasteiger partial charge in [0.1, 0.15) is 0 Å². The molecular formula is C42H28. The van der Waals surface area contributed by atoms with E-state index in [0.717, 1.165) is 0 Å². The van der Waals surface area contributed by atoms with Crippen LogP contribution >= 0.6 is 0 Å². The number of hydrogen-bond donors (Lipinski definition) is 0. The van der Waals surface area contributed by atoms with Crippen molar-refractivity contribution in [2.24, 2.45) is 0 Å². The van der Waals surface area contributed by atoms with Crippen LogP contribution in [0, 0.1) is 0 Å². The molecule has 0 spiro atoms. The van der Waals surface area contributed by atoms with Gasteiger partial charge in [-0.2, -0.15) is 0 Å². The van der Waals surface area contributed by atoms with E-state index in [9.17, 15) is 0 Å². The number of hydrogen-bond acceptors (Lipinski definition) is 0. The Bertz CT molecular complexity index is 2220. The van der Waals surface area contributed by atoms with Crippen molar-refractivity contribution in [3.05, 3.63) is 170 Å². The molecule has 0 atom stereocenters. The topological polar surface area (TPSA) is 0 Å². The fraction of sp³-hybridized carbons (Fsp3) is 0. The molecule has 0 heterocycles. The second kappa shape index (κ2) is 10.2. The van der Waals surface area contributed by atoms with Crippen molar-refractivity contribution in [1.82, 2.24) is 0 Å². The molecule has 8 aromatic rings. The first-order valence-electron chi connectivity index (χ1n) is 14.5. The maximum Gasteiger partial charge on any atom is -0.00992 e. The van der Waals surface area contributed by atoms with Crippen molar-refractivity contribution >= 4 is 32.3 Å². The van der Waals surface area contributed by atoms with E-state index >= 15 is 0 Å². The molecule has 0 amide bonds.